The molecule has 1 aliphatic carbocycles. The van der Waals surface area contributed by atoms with Crippen LogP contribution in [0.25, 0.3) is 11.5 Å². The van der Waals surface area contributed by atoms with Crippen LogP contribution in [0.4, 0.5) is 0 Å². The fourth-order valence-electron chi connectivity index (χ4n) is 1.83. The summed E-state index contributed by atoms with van der Waals surface area (Å²) in [6, 6.07) is 1.29. The molecule has 0 amide bonds. The van der Waals surface area contributed by atoms with Crippen LogP contribution in [0.15, 0.2) is 10.6 Å². The Morgan fingerprint density at radius 1 is 1.50 bits per heavy atom. The fraction of sp³-hybridized carbons (Fsp3) is 0.500. The molecule has 0 spiro atoms. The molecule has 2 N–H and O–H groups in total. The van der Waals surface area contributed by atoms with E-state index >= 15 is 0 Å². The lowest BCUT2D eigenvalue weighted by Gasteiger charge is -2.26. The van der Waals surface area contributed by atoms with Gasteiger partial charge in [-0.05, 0) is 25.3 Å². The van der Waals surface area contributed by atoms with Gasteiger partial charge in [0.25, 0.3) is 5.89 Å². The van der Waals surface area contributed by atoms with E-state index in [-0.39, 0.29) is 0 Å². The van der Waals surface area contributed by atoms with Gasteiger partial charge in [0.15, 0.2) is 5.82 Å². The maximum Gasteiger partial charge on any atom is 0.260 e. The zero-order valence-corrected chi connectivity index (χ0v) is 12.8. The van der Waals surface area contributed by atoms with Crippen molar-refractivity contribution < 1.29 is 9.26 Å². The molecule has 1 aliphatic rings. The van der Waals surface area contributed by atoms with Crippen LogP contribution in [0.1, 0.15) is 31.1 Å². The Kier molecular flexibility index (Phi) is 4.28. The molecule has 8 heteroatoms. The van der Waals surface area contributed by atoms with Gasteiger partial charge in [-0.2, -0.15) is 4.98 Å². The number of rotatable bonds is 5. The van der Waals surface area contributed by atoms with E-state index in [1.807, 2.05) is 0 Å². The number of nitrogens with zero attached hydrogens (tertiary/aromatic N) is 2. The van der Waals surface area contributed by atoms with Crippen LogP contribution >= 0.6 is 34.5 Å². The average Bonchev–Trinajstić information content (AvgIpc) is 2.93. The summed E-state index contributed by atoms with van der Waals surface area (Å²) in [6.07, 6.45) is 3.77. The Morgan fingerprint density at radius 3 is 2.90 bits per heavy atom. The molecule has 108 valence electrons. The van der Waals surface area contributed by atoms with E-state index in [0.29, 0.717) is 38.7 Å². The summed E-state index contributed by atoms with van der Waals surface area (Å²) in [4.78, 5) is 4.26. The normalized spacial score (nSPS) is 17.1. The second kappa shape index (κ2) is 5.99. The first-order chi connectivity index (χ1) is 9.63. The van der Waals surface area contributed by atoms with Crippen LogP contribution in [0.5, 0.6) is 0 Å². The number of halogens is 2. The van der Waals surface area contributed by atoms with Crippen LogP contribution in [0, 0.1) is 0 Å². The van der Waals surface area contributed by atoms with Crippen LogP contribution in [0.2, 0.25) is 8.67 Å². The fourth-order valence-corrected chi connectivity index (χ4v) is 3.28. The number of thiophene rings is 1. The lowest BCUT2D eigenvalue weighted by Crippen LogP contribution is -2.27. The topological polar surface area (TPSA) is 74.2 Å². The lowest BCUT2D eigenvalue weighted by atomic mass is 9.96. The SMILES string of the molecule is NC(COC1CCC1)c1noc(-c2cc(Cl)sc2Cl)n1. The first-order valence-electron chi connectivity index (χ1n) is 6.29. The van der Waals surface area contributed by atoms with Gasteiger partial charge in [-0.15, -0.1) is 11.3 Å². The highest BCUT2D eigenvalue weighted by atomic mass is 35.5. The van der Waals surface area contributed by atoms with Gasteiger partial charge in [-0.1, -0.05) is 28.4 Å². The van der Waals surface area contributed by atoms with Gasteiger partial charge < -0.3 is 15.0 Å². The molecule has 2 heterocycles. The third kappa shape index (κ3) is 2.99. The maximum absolute atomic E-state index is 6.05. The highest BCUT2D eigenvalue weighted by Gasteiger charge is 2.22. The molecule has 0 aliphatic heterocycles. The van der Waals surface area contributed by atoms with Crippen molar-refractivity contribution in [3.63, 3.8) is 0 Å². The predicted octanol–water partition coefficient (Wildman–Crippen LogP) is 3.67. The van der Waals surface area contributed by atoms with E-state index in [4.69, 9.17) is 38.2 Å². The van der Waals surface area contributed by atoms with Crippen molar-refractivity contribution in [3.05, 3.63) is 20.6 Å². The molecule has 3 rings (SSSR count). The molecule has 2 aromatic heterocycles. The molecular formula is C12H13Cl2N3O2S. The Morgan fingerprint density at radius 2 is 2.30 bits per heavy atom. The second-order valence-corrected chi connectivity index (χ2v) is 6.97. The van der Waals surface area contributed by atoms with Crippen LogP contribution < -0.4 is 5.73 Å². The lowest BCUT2D eigenvalue weighted by molar-refractivity contribution is -0.00549. The molecule has 20 heavy (non-hydrogen) atoms. The summed E-state index contributed by atoms with van der Waals surface area (Å²) in [6.45, 7) is 0.391. The summed E-state index contributed by atoms with van der Waals surface area (Å²) >= 11 is 13.2. The van der Waals surface area contributed by atoms with Gasteiger partial charge in [0.2, 0.25) is 0 Å². The summed E-state index contributed by atoms with van der Waals surface area (Å²) in [5.74, 6) is 0.741. The van der Waals surface area contributed by atoms with Gasteiger partial charge in [-0.25, -0.2) is 0 Å². The molecule has 1 atom stereocenters. The molecule has 5 nitrogen and oxygen atoms in total. The third-order valence-corrected chi connectivity index (χ3v) is 4.71. The monoisotopic (exact) mass is 333 g/mol. The predicted molar refractivity (Wildman–Crippen MR) is 78.2 cm³/mol. The van der Waals surface area contributed by atoms with E-state index < -0.39 is 6.04 Å². The van der Waals surface area contributed by atoms with E-state index in [1.54, 1.807) is 6.07 Å². The van der Waals surface area contributed by atoms with Gasteiger partial charge in [0.1, 0.15) is 4.34 Å². The van der Waals surface area contributed by atoms with Crippen molar-refractivity contribution in [1.29, 1.82) is 0 Å². The number of aromatic nitrogens is 2. The van der Waals surface area contributed by atoms with Crippen molar-refractivity contribution in [3.8, 4) is 11.5 Å². The quantitative estimate of drug-likeness (QED) is 0.903. The van der Waals surface area contributed by atoms with Gasteiger partial charge in [0, 0.05) is 0 Å². The van der Waals surface area contributed by atoms with Crippen LogP contribution in [-0.2, 0) is 4.74 Å². The van der Waals surface area contributed by atoms with Crippen molar-refractivity contribution in [1.82, 2.24) is 10.1 Å². The van der Waals surface area contributed by atoms with E-state index in [9.17, 15) is 0 Å². The molecule has 2 aromatic rings. The Labute approximate surface area is 130 Å². The number of ether oxygens (including phenoxy) is 1. The first-order valence-corrected chi connectivity index (χ1v) is 7.86. The number of hydrogen-bond donors (Lipinski definition) is 1. The highest BCUT2D eigenvalue weighted by molar-refractivity contribution is 7.20. The standard InChI is InChI=1S/C12H13Cl2N3O2S/c13-9-4-7(10(14)20-9)12-16-11(17-19-12)8(15)5-18-6-2-1-3-6/h4,6,8H,1-3,5,15H2. The molecule has 0 aromatic carbocycles. The summed E-state index contributed by atoms with van der Waals surface area (Å²) in [5.41, 5.74) is 6.62. The Hall–Kier alpha value is -0.660. The minimum atomic E-state index is -0.402. The number of nitrogens with two attached hydrogens (primary N) is 1. The van der Waals surface area contributed by atoms with Crippen molar-refractivity contribution in [2.45, 2.75) is 31.4 Å². The molecule has 1 fully saturated rings. The van der Waals surface area contributed by atoms with Crippen LogP contribution in [0.3, 0.4) is 0 Å². The second-order valence-electron chi connectivity index (χ2n) is 4.69. The Bertz CT molecular complexity index is 597. The summed E-state index contributed by atoms with van der Waals surface area (Å²) in [7, 11) is 0. The van der Waals surface area contributed by atoms with Crippen molar-refractivity contribution in [2.75, 3.05) is 6.61 Å². The molecule has 1 saturated carbocycles. The zero-order valence-electron chi connectivity index (χ0n) is 10.5. The summed E-state index contributed by atoms with van der Waals surface area (Å²) < 4.78 is 11.9. The highest BCUT2D eigenvalue weighted by Crippen LogP contribution is 2.37. The maximum atomic E-state index is 6.05. The largest absolute Gasteiger partial charge is 0.376 e. The number of hydrogen-bond acceptors (Lipinski definition) is 6. The molecule has 1 unspecified atom stereocenters. The van der Waals surface area contributed by atoms with Gasteiger partial charge in [-0.3, -0.25) is 0 Å². The third-order valence-electron chi connectivity index (χ3n) is 3.22. The average molecular weight is 334 g/mol. The molecular weight excluding hydrogens is 321 g/mol. The smallest absolute Gasteiger partial charge is 0.260 e. The molecule has 0 saturated heterocycles. The zero-order chi connectivity index (χ0) is 14.1. The van der Waals surface area contributed by atoms with Gasteiger partial charge >= 0.3 is 0 Å². The Balaban J connectivity index is 1.67. The minimum absolute atomic E-state index is 0.326. The van der Waals surface area contributed by atoms with Crippen LogP contribution in [-0.4, -0.2) is 22.9 Å². The van der Waals surface area contributed by atoms with Gasteiger partial charge in [0.05, 0.1) is 28.7 Å². The van der Waals surface area contributed by atoms with E-state index in [2.05, 4.69) is 10.1 Å². The van der Waals surface area contributed by atoms with E-state index in [0.717, 1.165) is 12.8 Å². The minimum Gasteiger partial charge on any atom is -0.376 e. The summed E-state index contributed by atoms with van der Waals surface area (Å²) in [5, 5.41) is 3.88. The van der Waals surface area contributed by atoms with Crippen molar-refractivity contribution >= 4 is 34.5 Å². The molecule has 0 bridgehead atoms. The van der Waals surface area contributed by atoms with E-state index in [1.165, 1.54) is 17.8 Å². The van der Waals surface area contributed by atoms with Crippen molar-refractivity contribution in [2.24, 2.45) is 5.73 Å². The first kappa shape index (κ1) is 14.3. The molecule has 0 radical (unpaired) electrons.